The number of nitrogens with one attached hydrogen (secondary N) is 1. The second kappa shape index (κ2) is 8.51. The summed E-state index contributed by atoms with van der Waals surface area (Å²) in [6, 6.07) is 15.0. The molecule has 2 aromatic heterocycles. The number of nitrogens with zero attached hydrogens (tertiary/aromatic N) is 3. The largest absolute Gasteiger partial charge is 0.422 e. The molecular weight excluding hydrogens is 484 g/mol. The van der Waals surface area contributed by atoms with Crippen LogP contribution in [0.2, 0.25) is 0 Å². The number of nitriles is 1. The quantitative estimate of drug-likeness (QED) is 0.166. The van der Waals surface area contributed by atoms with Gasteiger partial charge >= 0.3 is 5.63 Å². The number of anilines is 1. The van der Waals surface area contributed by atoms with E-state index in [1.165, 1.54) is 41.8 Å². The van der Waals surface area contributed by atoms with Crippen LogP contribution in [0, 0.1) is 21.4 Å². The molecule has 31 heavy (non-hydrogen) atoms. The molecule has 0 spiro atoms. The first-order valence-corrected chi connectivity index (χ1v) is 10.4. The summed E-state index contributed by atoms with van der Waals surface area (Å²) in [5, 5.41) is 26.0. The van der Waals surface area contributed by atoms with E-state index >= 15 is 0 Å². The van der Waals surface area contributed by atoms with E-state index in [9.17, 15) is 20.2 Å². The molecule has 0 unspecified atom stereocenters. The summed E-state index contributed by atoms with van der Waals surface area (Å²) in [5.41, 5.74) is 1.09. The number of rotatable bonds is 5. The standard InChI is InChI=1S/C21H11BrN4O4S/c22-14-1-3-15(4-2-14)24-10-13(9-23)20-25-18(11-31-20)17-8-12-7-16(26(28)29)5-6-19(12)30-21(17)27/h1-8,10-11,24H. The van der Waals surface area contributed by atoms with E-state index in [0.717, 1.165) is 10.2 Å². The Labute approximate surface area is 187 Å². The lowest BCUT2D eigenvalue weighted by Crippen LogP contribution is -2.03. The minimum absolute atomic E-state index is 0.111. The van der Waals surface area contributed by atoms with Gasteiger partial charge in [-0.3, -0.25) is 10.1 Å². The van der Waals surface area contributed by atoms with Crippen molar-refractivity contribution in [2.75, 3.05) is 5.32 Å². The number of aromatic nitrogens is 1. The first-order valence-electron chi connectivity index (χ1n) is 8.75. The van der Waals surface area contributed by atoms with Crippen molar-refractivity contribution in [3.05, 3.63) is 90.1 Å². The maximum absolute atomic E-state index is 12.4. The Balaban J connectivity index is 1.67. The Morgan fingerprint density at radius 1 is 1.26 bits per heavy atom. The zero-order valence-corrected chi connectivity index (χ0v) is 17.9. The van der Waals surface area contributed by atoms with Crippen molar-refractivity contribution in [1.29, 1.82) is 5.26 Å². The van der Waals surface area contributed by atoms with Gasteiger partial charge in [0.1, 0.15) is 22.2 Å². The van der Waals surface area contributed by atoms with Crippen LogP contribution in [0.1, 0.15) is 5.01 Å². The fourth-order valence-electron chi connectivity index (χ4n) is 2.77. The topological polar surface area (TPSA) is 122 Å². The Kier molecular flexibility index (Phi) is 5.62. The monoisotopic (exact) mass is 494 g/mol. The number of fused-ring (bicyclic) bond motifs is 1. The third-order valence-electron chi connectivity index (χ3n) is 4.28. The molecule has 4 aromatic rings. The molecule has 0 saturated heterocycles. The maximum Gasteiger partial charge on any atom is 0.345 e. The third kappa shape index (κ3) is 4.37. The lowest BCUT2D eigenvalue weighted by molar-refractivity contribution is -0.384. The molecule has 4 rings (SSSR count). The highest BCUT2D eigenvalue weighted by atomic mass is 79.9. The molecule has 0 bridgehead atoms. The summed E-state index contributed by atoms with van der Waals surface area (Å²) >= 11 is 4.56. The van der Waals surface area contributed by atoms with Crippen LogP contribution < -0.4 is 10.9 Å². The number of benzene rings is 2. The molecule has 0 aliphatic heterocycles. The number of nitro benzene ring substituents is 1. The lowest BCUT2D eigenvalue weighted by atomic mass is 10.1. The highest BCUT2D eigenvalue weighted by molar-refractivity contribution is 9.10. The lowest BCUT2D eigenvalue weighted by Gasteiger charge is -2.01. The van der Waals surface area contributed by atoms with E-state index in [2.05, 4.69) is 32.3 Å². The second-order valence-electron chi connectivity index (χ2n) is 6.29. The minimum atomic E-state index is -0.617. The summed E-state index contributed by atoms with van der Waals surface area (Å²) in [5.74, 6) is 0. The zero-order chi connectivity index (χ0) is 22.0. The van der Waals surface area contributed by atoms with Gasteiger partial charge in [-0.15, -0.1) is 11.3 Å². The second-order valence-corrected chi connectivity index (χ2v) is 8.06. The fourth-order valence-corrected chi connectivity index (χ4v) is 3.82. The van der Waals surface area contributed by atoms with E-state index in [1.54, 1.807) is 5.38 Å². The molecule has 10 heteroatoms. The number of thiazole rings is 1. The van der Waals surface area contributed by atoms with Gasteiger partial charge in [-0.1, -0.05) is 15.9 Å². The number of non-ortho nitro benzene ring substituents is 1. The Morgan fingerprint density at radius 2 is 2.03 bits per heavy atom. The molecule has 0 amide bonds. The predicted octanol–water partition coefficient (Wildman–Crippen LogP) is 5.56. The fraction of sp³-hybridized carbons (Fsp3) is 0. The molecule has 0 aliphatic carbocycles. The number of allylic oxidation sites excluding steroid dienone is 1. The Morgan fingerprint density at radius 3 is 2.74 bits per heavy atom. The summed E-state index contributed by atoms with van der Waals surface area (Å²) < 4.78 is 6.22. The third-order valence-corrected chi connectivity index (χ3v) is 5.69. The van der Waals surface area contributed by atoms with Crippen LogP contribution in [0.15, 0.2) is 73.8 Å². The van der Waals surface area contributed by atoms with Gasteiger partial charge in [0.15, 0.2) is 0 Å². The number of nitro groups is 1. The minimum Gasteiger partial charge on any atom is -0.422 e. The van der Waals surface area contributed by atoms with E-state index in [0.29, 0.717) is 21.7 Å². The number of hydrogen-bond acceptors (Lipinski definition) is 8. The normalized spacial score (nSPS) is 11.3. The van der Waals surface area contributed by atoms with Crippen molar-refractivity contribution >= 4 is 55.2 Å². The average molecular weight is 495 g/mol. The van der Waals surface area contributed by atoms with Crippen molar-refractivity contribution in [2.24, 2.45) is 0 Å². The highest BCUT2D eigenvalue weighted by Gasteiger charge is 2.15. The van der Waals surface area contributed by atoms with Gasteiger partial charge in [0.25, 0.3) is 5.69 Å². The molecule has 0 saturated carbocycles. The molecule has 0 aliphatic rings. The van der Waals surface area contributed by atoms with Crippen molar-refractivity contribution in [3.8, 4) is 17.3 Å². The summed E-state index contributed by atoms with van der Waals surface area (Å²) in [6.45, 7) is 0. The van der Waals surface area contributed by atoms with E-state index in [-0.39, 0.29) is 16.8 Å². The van der Waals surface area contributed by atoms with Gasteiger partial charge < -0.3 is 9.73 Å². The van der Waals surface area contributed by atoms with Crippen LogP contribution in [-0.2, 0) is 0 Å². The smallest absolute Gasteiger partial charge is 0.345 e. The van der Waals surface area contributed by atoms with Crippen molar-refractivity contribution in [2.45, 2.75) is 0 Å². The highest BCUT2D eigenvalue weighted by Crippen LogP contribution is 2.28. The summed E-state index contributed by atoms with van der Waals surface area (Å²) in [4.78, 5) is 27.3. The van der Waals surface area contributed by atoms with Gasteiger partial charge in [0.05, 0.1) is 16.2 Å². The summed E-state index contributed by atoms with van der Waals surface area (Å²) in [7, 11) is 0. The molecule has 1 N–H and O–H groups in total. The Hall–Kier alpha value is -3.81. The SMILES string of the molecule is N#CC(=CNc1ccc(Br)cc1)c1nc(-c2cc3cc([N+](=O)[O-])ccc3oc2=O)cs1. The molecule has 0 radical (unpaired) electrons. The number of hydrogen-bond donors (Lipinski definition) is 1. The first kappa shape index (κ1) is 20.5. The van der Waals surface area contributed by atoms with Crippen LogP contribution in [0.3, 0.4) is 0 Å². The van der Waals surface area contributed by atoms with E-state index < -0.39 is 10.5 Å². The van der Waals surface area contributed by atoms with Gasteiger partial charge in [0.2, 0.25) is 0 Å². The van der Waals surface area contributed by atoms with Crippen LogP contribution in [-0.4, -0.2) is 9.91 Å². The predicted molar refractivity (Wildman–Crippen MR) is 122 cm³/mol. The molecule has 8 nitrogen and oxygen atoms in total. The molecule has 0 atom stereocenters. The van der Waals surface area contributed by atoms with Crippen LogP contribution in [0.25, 0.3) is 27.8 Å². The van der Waals surface area contributed by atoms with Crippen molar-refractivity contribution in [3.63, 3.8) is 0 Å². The van der Waals surface area contributed by atoms with Crippen LogP contribution in [0.4, 0.5) is 11.4 Å². The van der Waals surface area contributed by atoms with Crippen LogP contribution >= 0.6 is 27.3 Å². The first-order chi connectivity index (χ1) is 14.9. The van der Waals surface area contributed by atoms with Gasteiger partial charge in [-0.25, -0.2) is 9.78 Å². The number of halogens is 1. The van der Waals surface area contributed by atoms with Crippen molar-refractivity contribution < 1.29 is 9.34 Å². The maximum atomic E-state index is 12.4. The van der Waals surface area contributed by atoms with Gasteiger partial charge in [-0.2, -0.15) is 5.26 Å². The zero-order valence-electron chi connectivity index (χ0n) is 15.5. The molecule has 2 aromatic carbocycles. The van der Waals surface area contributed by atoms with E-state index in [1.807, 2.05) is 24.3 Å². The van der Waals surface area contributed by atoms with Crippen molar-refractivity contribution in [1.82, 2.24) is 4.98 Å². The molecule has 0 fully saturated rings. The van der Waals surface area contributed by atoms with Gasteiger partial charge in [-0.05, 0) is 36.4 Å². The average Bonchev–Trinajstić information content (AvgIpc) is 3.24. The molecule has 2 heterocycles. The van der Waals surface area contributed by atoms with E-state index in [4.69, 9.17) is 4.42 Å². The molecule has 152 valence electrons. The Bertz CT molecular complexity index is 1430. The summed E-state index contributed by atoms with van der Waals surface area (Å²) in [6.07, 6.45) is 1.54. The molecular formula is C21H11BrN4O4S. The van der Waals surface area contributed by atoms with Crippen LogP contribution in [0.5, 0.6) is 0 Å². The van der Waals surface area contributed by atoms with Gasteiger partial charge in [0, 0.05) is 39.3 Å².